The first kappa shape index (κ1) is 24.0. The second-order valence-corrected chi connectivity index (χ2v) is 8.62. The Morgan fingerprint density at radius 1 is 0.811 bits per heavy atom. The molecule has 0 atom stereocenters. The molecule has 1 amide bonds. The van der Waals surface area contributed by atoms with Crippen LogP contribution in [0.4, 0.5) is 0 Å². The third-order valence-electron chi connectivity index (χ3n) is 5.69. The number of nitrogens with zero attached hydrogens (tertiary/aromatic N) is 1. The fourth-order valence-corrected chi connectivity index (χ4v) is 3.98. The summed E-state index contributed by atoms with van der Waals surface area (Å²) >= 11 is 5.92. The number of hydrogen-bond acceptors (Lipinski definition) is 5. The van der Waals surface area contributed by atoms with E-state index in [1.54, 1.807) is 30.3 Å². The van der Waals surface area contributed by atoms with Gasteiger partial charge in [0.15, 0.2) is 6.61 Å². The van der Waals surface area contributed by atoms with E-state index in [2.05, 4.69) is 10.5 Å². The minimum Gasteiger partial charge on any atom is -0.484 e. The molecule has 0 heterocycles. The fourth-order valence-electron chi connectivity index (χ4n) is 3.85. The number of carbonyl (C=O) groups excluding carboxylic acids is 2. The van der Waals surface area contributed by atoms with E-state index in [0.717, 1.165) is 21.5 Å². The number of ether oxygens (including phenoxy) is 2. The number of carbonyl (C=O) groups is 2. The predicted octanol–water partition coefficient (Wildman–Crippen LogP) is 6.39. The lowest BCUT2D eigenvalue weighted by Crippen LogP contribution is -2.24. The lowest BCUT2D eigenvalue weighted by Gasteiger charge is -2.11. The second kappa shape index (κ2) is 10.9. The van der Waals surface area contributed by atoms with Crippen molar-refractivity contribution in [3.63, 3.8) is 0 Å². The molecule has 7 heteroatoms. The molecule has 0 radical (unpaired) electrons. The first-order chi connectivity index (χ1) is 18.1. The van der Waals surface area contributed by atoms with Gasteiger partial charge in [0, 0.05) is 10.6 Å². The number of amides is 1. The Hall–Kier alpha value is -4.68. The Balaban J connectivity index is 1.30. The van der Waals surface area contributed by atoms with Crippen molar-refractivity contribution < 1.29 is 19.1 Å². The third-order valence-corrected chi connectivity index (χ3v) is 5.94. The van der Waals surface area contributed by atoms with E-state index in [4.69, 9.17) is 21.1 Å². The van der Waals surface area contributed by atoms with Crippen molar-refractivity contribution in [1.29, 1.82) is 0 Å². The smallest absolute Gasteiger partial charge is 0.343 e. The molecule has 0 bridgehead atoms. The lowest BCUT2D eigenvalue weighted by molar-refractivity contribution is -0.123. The summed E-state index contributed by atoms with van der Waals surface area (Å²) in [5, 5.41) is 8.47. The van der Waals surface area contributed by atoms with E-state index >= 15 is 0 Å². The Morgan fingerprint density at radius 2 is 1.51 bits per heavy atom. The van der Waals surface area contributed by atoms with Crippen molar-refractivity contribution in [3.8, 4) is 11.5 Å². The van der Waals surface area contributed by atoms with Crippen molar-refractivity contribution in [1.82, 2.24) is 5.43 Å². The normalized spacial score (nSPS) is 11.1. The minimum atomic E-state index is -0.533. The molecule has 6 nitrogen and oxygen atoms in total. The van der Waals surface area contributed by atoms with Crippen LogP contribution in [-0.2, 0) is 4.79 Å². The maximum atomic E-state index is 12.7. The van der Waals surface area contributed by atoms with E-state index in [-0.39, 0.29) is 6.61 Å². The van der Waals surface area contributed by atoms with Crippen LogP contribution in [0, 0.1) is 0 Å². The Labute approximate surface area is 218 Å². The third kappa shape index (κ3) is 5.77. The number of benzene rings is 5. The van der Waals surface area contributed by atoms with Gasteiger partial charge in [0.25, 0.3) is 5.91 Å². The van der Waals surface area contributed by atoms with E-state index in [9.17, 15) is 9.59 Å². The van der Waals surface area contributed by atoms with E-state index in [1.807, 2.05) is 72.8 Å². The highest BCUT2D eigenvalue weighted by Crippen LogP contribution is 2.27. The predicted molar refractivity (Wildman–Crippen MR) is 146 cm³/mol. The molecular formula is C30H21ClN2O4. The number of nitrogens with one attached hydrogen (secondary N) is 1. The summed E-state index contributed by atoms with van der Waals surface area (Å²) in [4.78, 5) is 25.1. The fraction of sp³-hybridized carbons (Fsp3) is 0.0333. The zero-order chi connectivity index (χ0) is 25.6. The average Bonchev–Trinajstić information content (AvgIpc) is 2.93. The summed E-state index contributed by atoms with van der Waals surface area (Å²) in [6.07, 6.45) is 1.46. The molecule has 0 spiro atoms. The van der Waals surface area contributed by atoms with Crippen molar-refractivity contribution in [2.45, 2.75) is 0 Å². The van der Waals surface area contributed by atoms with Gasteiger partial charge in [-0.15, -0.1) is 0 Å². The van der Waals surface area contributed by atoms with Crippen molar-refractivity contribution in [2.24, 2.45) is 5.10 Å². The first-order valence-corrected chi connectivity index (χ1v) is 11.9. The molecule has 182 valence electrons. The maximum Gasteiger partial charge on any atom is 0.343 e. The van der Waals surface area contributed by atoms with Crippen LogP contribution in [0.25, 0.3) is 21.5 Å². The molecular weight excluding hydrogens is 488 g/mol. The van der Waals surface area contributed by atoms with Crippen LogP contribution in [-0.4, -0.2) is 24.7 Å². The maximum absolute atomic E-state index is 12.7. The van der Waals surface area contributed by atoms with Crippen molar-refractivity contribution >= 4 is 51.2 Å². The highest BCUT2D eigenvalue weighted by molar-refractivity contribution is 6.30. The second-order valence-electron chi connectivity index (χ2n) is 8.19. The van der Waals surface area contributed by atoms with E-state index in [1.165, 1.54) is 6.21 Å². The molecule has 0 saturated carbocycles. The molecule has 5 aromatic rings. The van der Waals surface area contributed by atoms with Crippen LogP contribution in [0.5, 0.6) is 11.5 Å². The monoisotopic (exact) mass is 508 g/mol. The molecule has 0 aliphatic carbocycles. The van der Waals surface area contributed by atoms with Gasteiger partial charge < -0.3 is 9.47 Å². The SMILES string of the molecule is O=C(COc1ccc2ccccc2c1)N/N=C/c1c(OC(=O)c2ccc(Cl)cc2)ccc2ccccc12. The molecule has 5 rings (SSSR count). The van der Waals surface area contributed by atoms with Crippen molar-refractivity contribution in [2.75, 3.05) is 6.61 Å². The van der Waals surface area contributed by atoms with Gasteiger partial charge in [-0.3, -0.25) is 4.79 Å². The standard InChI is InChI=1S/C30H21ClN2O4/c31-24-13-9-22(10-14-24)30(35)37-28-16-12-21-6-3-4-8-26(21)27(28)18-32-33-29(34)19-36-25-15-11-20-5-1-2-7-23(20)17-25/h1-18H,19H2,(H,33,34)/b32-18+. The minimum absolute atomic E-state index is 0.205. The van der Waals surface area contributed by atoms with Gasteiger partial charge >= 0.3 is 5.97 Å². The van der Waals surface area contributed by atoms with Gasteiger partial charge in [0.1, 0.15) is 11.5 Å². The molecule has 0 fully saturated rings. The highest BCUT2D eigenvalue weighted by atomic mass is 35.5. The molecule has 0 aromatic heterocycles. The summed E-state index contributed by atoms with van der Waals surface area (Å²) in [6, 6.07) is 31.1. The first-order valence-electron chi connectivity index (χ1n) is 11.5. The Morgan fingerprint density at radius 3 is 2.32 bits per heavy atom. The molecule has 0 saturated heterocycles. The van der Waals surface area contributed by atoms with Gasteiger partial charge in [-0.25, -0.2) is 10.2 Å². The number of esters is 1. The van der Waals surface area contributed by atoms with Gasteiger partial charge in [-0.05, 0) is 64.0 Å². The Kier molecular flexibility index (Phi) is 7.10. The molecule has 0 unspecified atom stereocenters. The topological polar surface area (TPSA) is 77.0 Å². The quantitative estimate of drug-likeness (QED) is 0.119. The summed E-state index contributed by atoms with van der Waals surface area (Å²) in [5.41, 5.74) is 3.38. The molecule has 1 N–H and O–H groups in total. The summed E-state index contributed by atoms with van der Waals surface area (Å²) < 4.78 is 11.3. The molecule has 0 aliphatic rings. The van der Waals surface area contributed by atoms with Gasteiger partial charge in [-0.1, -0.05) is 72.3 Å². The number of rotatable bonds is 7. The molecule has 37 heavy (non-hydrogen) atoms. The van der Waals surface area contributed by atoms with Gasteiger partial charge in [0.2, 0.25) is 0 Å². The van der Waals surface area contributed by atoms with Gasteiger partial charge in [0.05, 0.1) is 11.8 Å². The van der Waals surface area contributed by atoms with Crippen LogP contribution in [0.2, 0.25) is 5.02 Å². The largest absolute Gasteiger partial charge is 0.484 e. The number of hydrogen-bond donors (Lipinski definition) is 1. The molecule has 5 aromatic carbocycles. The van der Waals surface area contributed by atoms with Crippen LogP contribution in [0.15, 0.2) is 108 Å². The zero-order valence-electron chi connectivity index (χ0n) is 19.6. The van der Waals surface area contributed by atoms with Crippen molar-refractivity contribution in [3.05, 3.63) is 119 Å². The Bertz CT molecular complexity index is 1630. The summed E-state index contributed by atoms with van der Waals surface area (Å²) in [6.45, 7) is -0.205. The number of halogens is 1. The van der Waals surface area contributed by atoms with Gasteiger partial charge in [-0.2, -0.15) is 5.10 Å². The molecule has 0 aliphatic heterocycles. The van der Waals surface area contributed by atoms with E-state index < -0.39 is 11.9 Å². The van der Waals surface area contributed by atoms with Crippen LogP contribution in [0.1, 0.15) is 15.9 Å². The lowest BCUT2D eigenvalue weighted by atomic mass is 10.0. The average molecular weight is 509 g/mol. The van der Waals surface area contributed by atoms with Crippen LogP contribution < -0.4 is 14.9 Å². The number of fused-ring (bicyclic) bond motifs is 2. The van der Waals surface area contributed by atoms with Crippen LogP contribution in [0.3, 0.4) is 0 Å². The summed E-state index contributed by atoms with van der Waals surface area (Å²) in [7, 11) is 0. The highest BCUT2D eigenvalue weighted by Gasteiger charge is 2.14. The zero-order valence-corrected chi connectivity index (χ0v) is 20.3. The van der Waals surface area contributed by atoms with Crippen LogP contribution >= 0.6 is 11.6 Å². The summed E-state index contributed by atoms with van der Waals surface area (Å²) in [5.74, 6) is -0.0638. The number of hydrazone groups is 1. The van der Waals surface area contributed by atoms with E-state index in [0.29, 0.717) is 27.6 Å².